The van der Waals surface area contributed by atoms with Gasteiger partial charge in [0.15, 0.2) is 0 Å². The third-order valence-electron chi connectivity index (χ3n) is 11.0. The molecule has 0 spiro atoms. The van der Waals surface area contributed by atoms with Gasteiger partial charge in [0.1, 0.15) is 5.78 Å². The van der Waals surface area contributed by atoms with Gasteiger partial charge < -0.3 is 10.1 Å². The van der Waals surface area contributed by atoms with E-state index in [0.717, 1.165) is 63.7 Å². The minimum absolute atomic E-state index is 0.139. The molecule has 0 unspecified atom stereocenters. The van der Waals surface area contributed by atoms with Crippen molar-refractivity contribution < 1.29 is 10.0 Å². The zero-order chi connectivity index (χ0) is 26.5. The fourth-order valence-corrected chi connectivity index (χ4v) is 9.23. The van der Waals surface area contributed by atoms with Gasteiger partial charge in [-0.25, -0.2) is 0 Å². The lowest BCUT2D eigenvalue weighted by atomic mass is 9.48. The van der Waals surface area contributed by atoms with Gasteiger partial charge in [0.25, 0.3) is 0 Å². The summed E-state index contributed by atoms with van der Waals surface area (Å²) >= 11 is 0. The van der Waals surface area contributed by atoms with E-state index in [1.807, 2.05) is 6.92 Å². The number of anilines is 1. The second-order valence-corrected chi connectivity index (χ2v) is 12.6. The molecule has 1 aromatic carbocycles. The van der Waals surface area contributed by atoms with Crippen LogP contribution < -0.4 is 4.90 Å². The molecule has 1 N–H and O–H groups in total. The standard InChI is InChI=1S/C34H42N2O2/c1-4-17-34(23(2)37)18-16-31-29-14-10-25-21-26(35-38)11-15-28(25)32(29)30(22-33(31,34)3)24-8-12-27(13-9-24)36-19-6-5-7-20-36/h8-9,12-13,21,29-31,38H,5-7,10-11,14-16,18-20,22H2,1-3H3/t29-,30+,31-,33-,34+/m0/s1. The summed E-state index contributed by atoms with van der Waals surface area (Å²) in [6, 6.07) is 9.43. The largest absolute Gasteiger partial charge is 0.411 e. The molecule has 5 aliphatic rings. The highest BCUT2D eigenvalue weighted by molar-refractivity contribution is 5.97. The number of oxime groups is 1. The zero-order valence-electron chi connectivity index (χ0n) is 23.4. The van der Waals surface area contributed by atoms with Crippen molar-refractivity contribution in [2.45, 2.75) is 90.9 Å². The van der Waals surface area contributed by atoms with Crippen molar-refractivity contribution in [1.29, 1.82) is 0 Å². The SMILES string of the molecule is CC#C[C@]1(C(C)=O)CC[C@H]2[C@@H]3CCC4=CC(=NO)CCC4=C3[C@@H](c3ccc(N4CCCCC4)cc3)C[C@@]21C. The molecule has 2 saturated carbocycles. The lowest BCUT2D eigenvalue weighted by Crippen LogP contribution is -2.50. The lowest BCUT2D eigenvalue weighted by Gasteiger charge is -2.54. The second kappa shape index (κ2) is 9.74. The molecular weight excluding hydrogens is 468 g/mol. The lowest BCUT2D eigenvalue weighted by molar-refractivity contribution is -0.130. The molecule has 1 heterocycles. The molecule has 6 rings (SSSR count). The number of ketones is 1. The van der Waals surface area contributed by atoms with Crippen LogP contribution in [0.1, 0.15) is 96.5 Å². The minimum Gasteiger partial charge on any atom is -0.411 e. The normalized spacial score (nSPS) is 35.6. The minimum atomic E-state index is -0.548. The third kappa shape index (κ3) is 3.80. The first-order valence-corrected chi connectivity index (χ1v) is 14.9. The van der Waals surface area contributed by atoms with E-state index in [1.165, 1.54) is 41.7 Å². The van der Waals surface area contributed by atoms with Crippen LogP contribution in [0.3, 0.4) is 0 Å². The molecule has 4 heteroatoms. The molecule has 1 saturated heterocycles. The van der Waals surface area contributed by atoms with Crippen molar-refractivity contribution in [1.82, 2.24) is 0 Å². The van der Waals surface area contributed by atoms with Crippen LogP contribution in [0.2, 0.25) is 0 Å². The number of fused-ring (bicyclic) bond motifs is 4. The number of hydrogen-bond acceptors (Lipinski definition) is 4. The van der Waals surface area contributed by atoms with Gasteiger partial charge in [-0.15, -0.1) is 5.92 Å². The Morgan fingerprint density at radius 2 is 1.84 bits per heavy atom. The van der Waals surface area contributed by atoms with E-state index >= 15 is 0 Å². The van der Waals surface area contributed by atoms with E-state index in [-0.39, 0.29) is 11.2 Å². The Bertz CT molecular complexity index is 1270. The second-order valence-electron chi connectivity index (χ2n) is 12.6. The molecule has 0 aromatic heterocycles. The number of benzene rings is 1. The summed E-state index contributed by atoms with van der Waals surface area (Å²) < 4.78 is 0. The average Bonchev–Trinajstić information content (AvgIpc) is 3.25. The summed E-state index contributed by atoms with van der Waals surface area (Å²) in [6.07, 6.45) is 12.9. The Kier molecular flexibility index (Phi) is 6.53. The molecule has 3 fully saturated rings. The number of Topliss-reactive ketones (excluding diaryl/α,β-unsaturated/α-hetero) is 1. The molecule has 5 atom stereocenters. The maximum atomic E-state index is 13.4. The van der Waals surface area contributed by atoms with Crippen molar-refractivity contribution >= 4 is 17.2 Å². The number of piperidine rings is 1. The van der Waals surface area contributed by atoms with Gasteiger partial charge in [-0.05, 0) is 130 Å². The fourth-order valence-electron chi connectivity index (χ4n) is 9.23. The van der Waals surface area contributed by atoms with Crippen molar-refractivity contribution in [3.8, 4) is 11.8 Å². The van der Waals surface area contributed by atoms with Gasteiger partial charge in [0, 0.05) is 24.7 Å². The quantitative estimate of drug-likeness (QED) is 0.261. The van der Waals surface area contributed by atoms with Gasteiger partial charge in [-0.3, -0.25) is 4.79 Å². The van der Waals surface area contributed by atoms with Crippen LogP contribution in [0.25, 0.3) is 0 Å². The van der Waals surface area contributed by atoms with E-state index in [1.54, 1.807) is 12.5 Å². The summed E-state index contributed by atoms with van der Waals surface area (Å²) in [5, 5.41) is 13.0. The van der Waals surface area contributed by atoms with Crippen LogP contribution >= 0.6 is 0 Å². The van der Waals surface area contributed by atoms with Gasteiger partial charge in [-0.1, -0.05) is 35.7 Å². The topological polar surface area (TPSA) is 52.9 Å². The Balaban J connectivity index is 1.47. The molecule has 1 aromatic rings. The fraction of sp³-hybridized carbons (Fsp3) is 0.588. The van der Waals surface area contributed by atoms with E-state index < -0.39 is 5.41 Å². The van der Waals surface area contributed by atoms with E-state index in [0.29, 0.717) is 17.8 Å². The summed E-state index contributed by atoms with van der Waals surface area (Å²) in [4.78, 5) is 15.9. The van der Waals surface area contributed by atoms with E-state index in [4.69, 9.17) is 0 Å². The highest BCUT2D eigenvalue weighted by Gasteiger charge is 2.64. The van der Waals surface area contributed by atoms with Crippen molar-refractivity contribution in [3.05, 3.63) is 52.6 Å². The number of nitrogens with zero attached hydrogens (tertiary/aromatic N) is 2. The Morgan fingerprint density at radius 1 is 1.08 bits per heavy atom. The van der Waals surface area contributed by atoms with Crippen LogP contribution in [-0.4, -0.2) is 29.8 Å². The average molecular weight is 511 g/mol. The molecular formula is C34H42N2O2. The van der Waals surface area contributed by atoms with Crippen LogP contribution in [0.5, 0.6) is 0 Å². The highest BCUT2D eigenvalue weighted by atomic mass is 16.4. The number of carbonyl (C=O) groups excluding carboxylic acids is 1. The van der Waals surface area contributed by atoms with Gasteiger partial charge in [-0.2, -0.15) is 0 Å². The predicted octanol–water partition coefficient (Wildman–Crippen LogP) is 7.44. The van der Waals surface area contributed by atoms with E-state index in [9.17, 15) is 10.0 Å². The van der Waals surface area contributed by atoms with Gasteiger partial charge >= 0.3 is 0 Å². The number of allylic oxidation sites excluding steroid dienone is 4. The molecule has 0 radical (unpaired) electrons. The molecule has 200 valence electrons. The molecule has 1 aliphatic heterocycles. The molecule has 38 heavy (non-hydrogen) atoms. The Hall–Kier alpha value is -2.80. The van der Waals surface area contributed by atoms with Crippen molar-refractivity contribution in [3.63, 3.8) is 0 Å². The van der Waals surface area contributed by atoms with E-state index in [2.05, 4.69) is 59.2 Å². The maximum Gasteiger partial charge on any atom is 0.148 e. The molecule has 0 bridgehead atoms. The Labute approximate surface area is 228 Å². The summed E-state index contributed by atoms with van der Waals surface area (Å²) in [7, 11) is 0. The monoisotopic (exact) mass is 510 g/mol. The smallest absolute Gasteiger partial charge is 0.148 e. The summed E-state index contributed by atoms with van der Waals surface area (Å²) in [6.45, 7) is 8.39. The first kappa shape index (κ1) is 25.5. The number of hydrogen-bond donors (Lipinski definition) is 1. The van der Waals surface area contributed by atoms with Crippen LogP contribution in [0.15, 0.2) is 52.2 Å². The summed E-state index contributed by atoms with van der Waals surface area (Å²) in [5.41, 5.74) is 7.35. The number of rotatable bonds is 3. The molecule has 0 amide bonds. The third-order valence-corrected chi connectivity index (χ3v) is 11.0. The van der Waals surface area contributed by atoms with Gasteiger partial charge in [0.2, 0.25) is 0 Å². The highest BCUT2D eigenvalue weighted by Crippen LogP contribution is 2.69. The molecule has 4 aliphatic carbocycles. The molecule has 4 nitrogen and oxygen atoms in total. The number of carbonyl (C=O) groups is 1. The first-order valence-electron chi connectivity index (χ1n) is 14.9. The van der Waals surface area contributed by atoms with Gasteiger partial charge in [0.05, 0.1) is 11.1 Å². The first-order chi connectivity index (χ1) is 18.4. The zero-order valence-corrected chi connectivity index (χ0v) is 23.4. The van der Waals surface area contributed by atoms with Crippen LogP contribution in [-0.2, 0) is 4.79 Å². The van der Waals surface area contributed by atoms with Crippen LogP contribution in [0.4, 0.5) is 5.69 Å². The Morgan fingerprint density at radius 3 is 2.53 bits per heavy atom. The van der Waals surface area contributed by atoms with Crippen molar-refractivity contribution in [2.24, 2.45) is 27.8 Å². The van der Waals surface area contributed by atoms with Crippen molar-refractivity contribution in [2.75, 3.05) is 18.0 Å². The van der Waals surface area contributed by atoms with Crippen LogP contribution in [0, 0.1) is 34.5 Å². The maximum absolute atomic E-state index is 13.4. The summed E-state index contributed by atoms with van der Waals surface area (Å²) in [5.74, 6) is 8.20. The predicted molar refractivity (Wildman–Crippen MR) is 154 cm³/mol.